The first kappa shape index (κ1) is 14.4. The topological polar surface area (TPSA) is 84.7 Å². The molecule has 0 bridgehead atoms. The minimum absolute atomic E-state index is 0.351. The first-order chi connectivity index (χ1) is 9.17. The van der Waals surface area contributed by atoms with Crippen LogP contribution in [0, 0.1) is 0 Å². The highest BCUT2D eigenvalue weighted by molar-refractivity contribution is 5.71. The zero-order valence-corrected chi connectivity index (χ0v) is 12.1. The SMILES string of the molecule is CC(C(=O)O)n1cc2c(n1)CN(C(=O)OC(C)(C)C)C2. The Morgan fingerprint density at radius 3 is 2.55 bits per heavy atom. The summed E-state index contributed by atoms with van der Waals surface area (Å²) in [6.07, 6.45) is 1.30. The predicted octanol–water partition coefficient (Wildman–Crippen LogP) is 1.78. The highest BCUT2D eigenvalue weighted by Crippen LogP contribution is 2.24. The average Bonchev–Trinajstić information content (AvgIpc) is 2.82. The largest absolute Gasteiger partial charge is 0.480 e. The van der Waals surface area contributed by atoms with Crippen LogP contribution in [-0.4, -0.2) is 37.5 Å². The van der Waals surface area contributed by atoms with E-state index in [1.807, 2.05) is 20.8 Å². The molecule has 2 rings (SSSR count). The first-order valence-corrected chi connectivity index (χ1v) is 6.45. The number of carboxylic acids is 1. The molecular formula is C13H19N3O4. The molecule has 7 heteroatoms. The van der Waals surface area contributed by atoms with Gasteiger partial charge in [0, 0.05) is 11.8 Å². The summed E-state index contributed by atoms with van der Waals surface area (Å²) in [4.78, 5) is 24.4. The maximum Gasteiger partial charge on any atom is 0.410 e. The molecule has 0 saturated carbocycles. The van der Waals surface area contributed by atoms with Gasteiger partial charge in [0.1, 0.15) is 11.6 Å². The van der Waals surface area contributed by atoms with Gasteiger partial charge in [0.15, 0.2) is 0 Å². The van der Waals surface area contributed by atoms with Crippen molar-refractivity contribution >= 4 is 12.1 Å². The Morgan fingerprint density at radius 1 is 1.40 bits per heavy atom. The number of aromatic nitrogens is 2. The van der Waals surface area contributed by atoms with Gasteiger partial charge in [-0.15, -0.1) is 0 Å². The van der Waals surface area contributed by atoms with Crippen molar-refractivity contribution < 1.29 is 19.4 Å². The van der Waals surface area contributed by atoms with Crippen LogP contribution in [0.3, 0.4) is 0 Å². The lowest BCUT2D eigenvalue weighted by Crippen LogP contribution is -2.33. The van der Waals surface area contributed by atoms with Gasteiger partial charge in [-0.25, -0.2) is 9.59 Å². The number of carboxylic acid groups (broad SMARTS) is 1. The number of carbonyl (C=O) groups excluding carboxylic acids is 1. The van der Waals surface area contributed by atoms with Crippen LogP contribution in [0.4, 0.5) is 4.79 Å². The van der Waals surface area contributed by atoms with Crippen LogP contribution in [0.2, 0.25) is 0 Å². The van der Waals surface area contributed by atoms with Crippen LogP contribution in [-0.2, 0) is 22.6 Å². The summed E-state index contributed by atoms with van der Waals surface area (Å²) in [7, 11) is 0. The molecule has 1 aliphatic heterocycles. The van der Waals surface area contributed by atoms with Gasteiger partial charge in [-0.05, 0) is 27.7 Å². The highest BCUT2D eigenvalue weighted by atomic mass is 16.6. The number of fused-ring (bicyclic) bond motifs is 1. The van der Waals surface area contributed by atoms with Gasteiger partial charge in [0.2, 0.25) is 0 Å². The van der Waals surface area contributed by atoms with E-state index in [-0.39, 0.29) is 6.09 Å². The standard InChI is InChI=1S/C13H19N3O4/c1-8(11(17)18)16-6-9-5-15(7-10(9)14-16)12(19)20-13(2,3)4/h6,8H,5,7H2,1-4H3,(H,17,18). The molecule has 7 nitrogen and oxygen atoms in total. The number of hydrogen-bond donors (Lipinski definition) is 1. The zero-order valence-electron chi connectivity index (χ0n) is 12.1. The lowest BCUT2D eigenvalue weighted by molar-refractivity contribution is -0.140. The molecule has 1 atom stereocenters. The van der Waals surface area contributed by atoms with Gasteiger partial charge in [-0.2, -0.15) is 5.10 Å². The minimum atomic E-state index is -0.935. The molecule has 1 aromatic heterocycles. The van der Waals surface area contributed by atoms with Gasteiger partial charge in [-0.3, -0.25) is 9.58 Å². The zero-order chi connectivity index (χ0) is 15.1. The molecule has 0 saturated heterocycles. The third-order valence-electron chi connectivity index (χ3n) is 3.00. The van der Waals surface area contributed by atoms with Crippen LogP contribution < -0.4 is 0 Å². The third kappa shape index (κ3) is 2.92. The van der Waals surface area contributed by atoms with Gasteiger partial charge < -0.3 is 9.84 Å². The molecule has 1 aliphatic rings. The van der Waals surface area contributed by atoms with Crippen molar-refractivity contribution in [3.8, 4) is 0 Å². The molecule has 0 radical (unpaired) electrons. The second-order valence-corrected chi connectivity index (χ2v) is 5.93. The molecule has 2 heterocycles. The van der Waals surface area contributed by atoms with Crippen LogP contribution in [0.25, 0.3) is 0 Å². The maximum absolute atomic E-state index is 11.9. The third-order valence-corrected chi connectivity index (χ3v) is 3.00. The lowest BCUT2D eigenvalue weighted by Gasteiger charge is -2.24. The number of hydrogen-bond acceptors (Lipinski definition) is 4. The maximum atomic E-state index is 11.9. The second kappa shape index (κ2) is 4.81. The van der Waals surface area contributed by atoms with Crippen LogP contribution in [0.1, 0.15) is 45.0 Å². The summed E-state index contributed by atoms with van der Waals surface area (Å²) in [6, 6.07) is -0.712. The summed E-state index contributed by atoms with van der Waals surface area (Å²) in [5, 5.41) is 13.2. The molecule has 0 spiro atoms. The number of aliphatic carboxylic acids is 1. The molecule has 1 unspecified atom stereocenters. The van der Waals surface area contributed by atoms with Gasteiger partial charge in [0.25, 0.3) is 0 Å². The van der Waals surface area contributed by atoms with Crippen molar-refractivity contribution in [2.24, 2.45) is 0 Å². The molecule has 0 fully saturated rings. The van der Waals surface area contributed by atoms with Gasteiger partial charge >= 0.3 is 12.1 Å². The van der Waals surface area contributed by atoms with E-state index in [0.717, 1.165) is 11.3 Å². The number of nitrogens with zero attached hydrogens (tertiary/aromatic N) is 3. The van der Waals surface area contributed by atoms with Gasteiger partial charge in [0.05, 0.1) is 18.8 Å². The van der Waals surface area contributed by atoms with E-state index in [0.29, 0.717) is 13.1 Å². The van der Waals surface area contributed by atoms with Crippen molar-refractivity contribution in [1.82, 2.24) is 14.7 Å². The number of amides is 1. The van der Waals surface area contributed by atoms with Crippen LogP contribution >= 0.6 is 0 Å². The molecule has 110 valence electrons. The van der Waals surface area contributed by atoms with Crippen molar-refractivity contribution in [3.05, 3.63) is 17.5 Å². The van der Waals surface area contributed by atoms with Crippen molar-refractivity contribution in [2.75, 3.05) is 0 Å². The van der Waals surface area contributed by atoms with E-state index in [1.54, 1.807) is 18.0 Å². The summed E-state index contributed by atoms with van der Waals surface area (Å²) in [5.41, 5.74) is 1.06. The quantitative estimate of drug-likeness (QED) is 0.893. The number of ether oxygens (including phenoxy) is 1. The molecule has 1 aromatic rings. The fraction of sp³-hybridized carbons (Fsp3) is 0.615. The van der Waals surface area contributed by atoms with E-state index in [9.17, 15) is 9.59 Å². The number of rotatable bonds is 2. The summed E-state index contributed by atoms with van der Waals surface area (Å²) in [5.74, 6) is -0.935. The summed E-state index contributed by atoms with van der Waals surface area (Å²) >= 11 is 0. The molecule has 0 aliphatic carbocycles. The molecule has 0 aromatic carbocycles. The van der Waals surface area contributed by atoms with Crippen LogP contribution in [0.15, 0.2) is 6.20 Å². The van der Waals surface area contributed by atoms with E-state index in [4.69, 9.17) is 9.84 Å². The van der Waals surface area contributed by atoms with Crippen molar-refractivity contribution in [3.63, 3.8) is 0 Å². The predicted molar refractivity (Wildman–Crippen MR) is 70.1 cm³/mol. The van der Waals surface area contributed by atoms with E-state index in [1.165, 1.54) is 4.68 Å². The Kier molecular flexibility index (Phi) is 3.45. The highest BCUT2D eigenvalue weighted by Gasteiger charge is 2.30. The van der Waals surface area contributed by atoms with Crippen LogP contribution in [0.5, 0.6) is 0 Å². The Morgan fingerprint density at radius 2 is 2.05 bits per heavy atom. The van der Waals surface area contributed by atoms with Crippen molar-refractivity contribution in [1.29, 1.82) is 0 Å². The average molecular weight is 281 g/mol. The smallest absolute Gasteiger partial charge is 0.410 e. The normalized spacial score (nSPS) is 15.9. The summed E-state index contributed by atoms with van der Waals surface area (Å²) in [6.45, 7) is 7.76. The Labute approximate surface area is 117 Å². The Balaban J connectivity index is 2.05. The molecule has 1 N–H and O–H groups in total. The Hall–Kier alpha value is -2.05. The van der Waals surface area contributed by atoms with Gasteiger partial charge in [-0.1, -0.05) is 0 Å². The molecule has 20 heavy (non-hydrogen) atoms. The van der Waals surface area contributed by atoms with Crippen molar-refractivity contribution in [2.45, 2.75) is 52.4 Å². The van der Waals surface area contributed by atoms with E-state index < -0.39 is 17.6 Å². The second-order valence-electron chi connectivity index (χ2n) is 5.93. The van der Waals surface area contributed by atoms with E-state index in [2.05, 4.69) is 5.10 Å². The summed E-state index contributed by atoms with van der Waals surface area (Å²) < 4.78 is 6.71. The van der Waals surface area contributed by atoms with E-state index >= 15 is 0 Å². The fourth-order valence-electron chi connectivity index (χ4n) is 1.94. The fourth-order valence-corrected chi connectivity index (χ4v) is 1.94. The number of carbonyl (C=O) groups is 2. The minimum Gasteiger partial charge on any atom is -0.480 e. The molecular weight excluding hydrogens is 262 g/mol. The Bertz CT molecular complexity index is 521. The molecule has 1 amide bonds. The lowest BCUT2D eigenvalue weighted by atomic mass is 10.2. The first-order valence-electron chi connectivity index (χ1n) is 6.45. The monoisotopic (exact) mass is 281 g/mol.